The summed E-state index contributed by atoms with van der Waals surface area (Å²) in [7, 11) is 2.12. The van der Waals surface area contributed by atoms with E-state index in [9.17, 15) is 9.59 Å². The molecule has 1 saturated carbocycles. The molecule has 7 nitrogen and oxygen atoms in total. The third-order valence-corrected chi connectivity index (χ3v) is 7.83. The summed E-state index contributed by atoms with van der Waals surface area (Å²) in [5.41, 5.74) is 2.89. The Morgan fingerprint density at radius 2 is 1.72 bits per heavy atom. The predicted molar refractivity (Wildman–Crippen MR) is 123 cm³/mol. The summed E-state index contributed by atoms with van der Waals surface area (Å²) in [4.78, 5) is 31.3. The molecule has 32 heavy (non-hydrogen) atoms. The van der Waals surface area contributed by atoms with Crippen LogP contribution in [0, 0.1) is 11.3 Å². The summed E-state index contributed by atoms with van der Waals surface area (Å²) >= 11 is 0. The van der Waals surface area contributed by atoms with E-state index in [4.69, 9.17) is 4.74 Å². The van der Waals surface area contributed by atoms with Crippen molar-refractivity contribution in [2.24, 2.45) is 18.4 Å². The number of para-hydroxylation sites is 1. The van der Waals surface area contributed by atoms with Gasteiger partial charge in [-0.2, -0.15) is 0 Å². The molecule has 3 heterocycles. The minimum atomic E-state index is -0.263. The molecular weight excluding hydrogens is 404 g/mol. The minimum Gasteiger partial charge on any atom is -0.450 e. The van der Waals surface area contributed by atoms with Crippen LogP contribution in [0.3, 0.4) is 0 Å². The maximum Gasteiger partial charge on any atom is 0.409 e. The van der Waals surface area contributed by atoms with Crippen LogP contribution in [0.5, 0.6) is 0 Å². The molecule has 0 N–H and O–H groups in total. The van der Waals surface area contributed by atoms with Crippen molar-refractivity contribution in [3.05, 3.63) is 36.0 Å². The van der Waals surface area contributed by atoms with Gasteiger partial charge in [0.15, 0.2) is 0 Å². The number of amides is 2. The molecule has 0 radical (unpaired) electrons. The molecule has 2 aromatic rings. The van der Waals surface area contributed by atoms with Crippen LogP contribution in [-0.2, 0) is 23.1 Å². The van der Waals surface area contributed by atoms with Gasteiger partial charge in [0.2, 0.25) is 5.91 Å². The Hall–Kier alpha value is -2.54. The topological polar surface area (TPSA) is 58.0 Å². The van der Waals surface area contributed by atoms with Gasteiger partial charge in [0.05, 0.1) is 6.61 Å². The Labute approximate surface area is 189 Å². The van der Waals surface area contributed by atoms with E-state index in [0.29, 0.717) is 38.7 Å². The number of rotatable bonds is 4. The summed E-state index contributed by atoms with van der Waals surface area (Å²) in [6, 6.07) is 8.60. The highest BCUT2D eigenvalue weighted by atomic mass is 16.6. The first-order valence-corrected chi connectivity index (χ1v) is 12.0. The lowest BCUT2D eigenvalue weighted by molar-refractivity contribution is -0.135. The lowest BCUT2D eigenvalue weighted by Crippen LogP contribution is -2.51. The highest BCUT2D eigenvalue weighted by Gasteiger charge is 2.59. The molecule has 5 rings (SSSR count). The van der Waals surface area contributed by atoms with E-state index >= 15 is 0 Å². The van der Waals surface area contributed by atoms with E-state index in [1.165, 1.54) is 16.5 Å². The molecular formula is C25H34N4O3. The zero-order chi connectivity index (χ0) is 22.3. The largest absolute Gasteiger partial charge is 0.450 e. The number of carbonyl (C=O) groups excluding carboxylic acids is 2. The van der Waals surface area contributed by atoms with E-state index in [-0.39, 0.29) is 17.4 Å². The van der Waals surface area contributed by atoms with Crippen molar-refractivity contribution in [3.63, 3.8) is 0 Å². The minimum absolute atomic E-state index is 0.177. The quantitative estimate of drug-likeness (QED) is 0.736. The number of carbonyl (C=O) groups is 2. The molecule has 7 heteroatoms. The Morgan fingerprint density at radius 1 is 1.03 bits per heavy atom. The molecule has 172 valence electrons. The van der Waals surface area contributed by atoms with Gasteiger partial charge in [-0.1, -0.05) is 18.2 Å². The second-order valence-corrected chi connectivity index (χ2v) is 9.69. The summed E-state index contributed by atoms with van der Waals surface area (Å²) < 4.78 is 7.30. The number of aryl methyl sites for hydroxylation is 1. The normalized spacial score (nSPS) is 23.0. The molecule has 1 spiro atoms. The molecule has 2 saturated heterocycles. The SMILES string of the molecule is CCOC(=O)N1CCN(C(=O)C2CC23CCN(Cc2cn(C)c4ccccc24)CC3)CC1. The van der Waals surface area contributed by atoms with Crippen LogP contribution < -0.4 is 0 Å². The zero-order valence-electron chi connectivity index (χ0n) is 19.3. The summed E-state index contributed by atoms with van der Waals surface area (Å²) in [6.07, 6.45) is 5.25. The molecule has 2 aliphatic heterocycles. The second-order valence-electron chi connectivity index (χ2n) is 9.69. The predicted octanol–water partition coefficient (Wildman–Crippen LogP) is 3.08. The average molecular weight is 439 g/mol. The Morgan fingerprint density at radius 3 is 2.44 bits per heavy atom. The van der Waals surface area contributed by atoms with Gasteiger partial charge >= 0.3 is 6.09 Å². The first kappa shape index (κ1) is 21.3. The van der Waals surface area contributed by atoms with E-state index in [2.05, 4.69) is 47.0 Å². The molecule has 1 atom stereocenters. The third-order valence-electron chi connectivity index (χ3n) is 7.83. The van der Waals surface area contributed by atoms with E-state index in [1.54, 1.807) is 4.90 Å². The number of hydrogen-bond acceptors (Lipinski definition) is 4. The van der Waals surface area contributed by atoms with Gasteiger partial charge in [-0.25, -0.2) is 4.79 Å². The Bertz CT molecular complexity index is 1000. The van der Waals surface area contributed by atoms with Crippen molar-refractivity contribution in [3.8, 4) is 0 Å². The van der Waals surface area contributed by atoms with Gasteiger partial charge in [-0.05, 0) is 56.3 Å². The number of piperazine rings is 1. The van der Waals surface area contributed by atoms with Crippen molar-refractivity contribution in [2.75, 3.05) is 45.9 Å². The Balaban J connectivity index is 1.13. The fourth-order valence-corrected chi connectivity index (χ4v) is 5.74. The highest BCUT2D eigenvalue weighted by molar-refractivity contribution is 5.84. The van der Waals surface area contributed by atoms with Crippen molar-refractivity contribution >= 4 is 22.9 Å². The van der Waals surface area contributed by atoms with Gasteiger partial charge < -0.3 is 19.1 Å². The number of ether oxygens (including phenoxy) is 1. The zero-order valence-corrected chi connectivity index (χ0v) is 19.3. The van der Waals surface area contributed by atoms with E-state index < -0.39 is 0 Å². The monoisotopic (exact) mass is 438 g/mol. The van der Waals surface area contributed by atoms with Crippen molar-refractivity contribution in [1.82, 2.24) is 19.3 Å². The first-order valence-electron chi connectivity index (χ1n) is 12.0. The van der Waals surface area contributed by atoms with Crippen LogP contribution in [0.2, 0.25) is 0 Å². The summed E-state index contributed by atoms with van der Waals surface area (Å²) in [5, 5.41) is 1.34. The number of aromatic nitrogens is 1. The molecule has 1 aromatic carbocycles. The van der Waals surface area contributed by atoms with Gasteiger partial charge in [0.25, 0.3) is 0 Å². The average Bonchev–Trinajstić information content (AvgIpc) is 3.43. The van der Waals surface area contributed by atoms with Crippen molar-refractivity contribution in [2.45, 2.75) is 32.7 Å². The van der Waals surface area contributed by atoms with Gasteiger partial charge in [0.1, 0.15) is 0 Å². The lowest BCUT2D eigenvalue weighted by Gasteiger charge is -2.36. The molecule has 0 bridgehead atoms. The van der Waals surface area contributed by atoms with Crippen molar-refractivity contribution in [1.29, 1.82) is 0 Å². The maximum absolute atomic E-state index is 13.1. The molecule has 1 aromatic heterocycles. The molecule has 3 fully saturated rings. The van der Waals surface area contributed by atoms with Crippen LogP contribution >= 0.6 is 0 Å². The number of fused-ring (bicyclic) bond motifs is 1. The maximum atomic E-state index is 13.1. The molecule has 1 unspecified atom stereocenters. The smallest absolute Gasteiger partial charge is 0.409 e. The van der Waals surface area contributed by atoms with E-state index in [0.717, 1.165) is 38.9 Å². The first-order chi connectivity index (χ1) is 15.5. The van der Waals surface area contributed by atoms with Crippen LogP contribution in [0.15, 0.2) is 30.5 Å². The van der Waals surface area contributed by atoms with Crippen LogP contribution in [0.4, 0.5) is 4.79 Å². The molecule has 3 aliphatic rings. The van der Waals surface area contributed by atoms with Gasteiger partial charge in [-0.3, -0.25) is 9.69 Å². The number of hydrogen-bond donors (Lipinski definition) is 0. The number of likely N-dealkylation sites (tertiary alicyclic amines) is 1. The number of piperidine rings is 1. The fraction of sp³-hybridized carbons (Fsp3) is 0.600. The standard InChI is InChI=1S/C25H34N4O3/c1-3-32-24(31)29-14-12-28(13-15-29)23(30)21-16-25(21)8-10-27(11-9-25)18-19-17-26(2)22-7-5-4-6-20(19)22/h4-7,17,21H,3,8-16,18H2,1-2H3. The van der Waals surface area contributed by atoms with Gasteiger partial charge in [0, 0.05) is 62.8 Å². The Kier molecular flexibility index (Phi) is 5.61. The van der Waals surface area contributed by atoms with E-state index in [1.807, 2.05) is 11.8 Å². The molecule has 2 amide bonds. The second kappa shape index (κ2) is 8.43. The number of benzene rings is 1. The summed E-state index contributed by atoms with van der Waals surface area (Å²) in [6.45, 7) is 7.69. The molecule has 1 aliphatic carbocycles. The summed E-state index contributed by atoms with van der Waals surface area (Å²) in [5.74, 6) is 0.479. The lowest BCUT2D eigenvalue weighted by atomic mass is 9.90. The highest BCUT2D eigenvalue weighted by Crippen LogP contribution is 2.60. The van der Waals surface area contributed by atoms with Crippen molar-refractivity contribution < 1.29 is 14.3 Å². The third kappa shape index (κ3) is 3.87. The van der Waals surface area contributed by atoms with Crippen LogP contribution in [0.1, 0.15) is 31.7 Å². The van der Waals surface area contributed by atoms with Crippen LogP contribution in [-0.4, -0.2) is 77.1 Å². The van der Waals surface area contributed by atoms with Gasteiger partial charge in [-0.15, -0.1) is 0 Å². The van der Waals surface area contributed by atoms with Crippen LogP contribution in [0.25, 0.3) is 10.9 Å². The number of nitrogens with zero attached hydrogens (tertiary/aromatic N) is 4. The fourth-order valence-electron chi connectivity index (χ4n) is 5.74.